The molecule has 0 aliphatic carbocycles. The molecule has 2 aromatic heterocycles. The fraction of sp³-hybridized carbons (Fsp3) is 0.208. The van der Waals surface area contributed by atoms with E-state index in [0.717, 1.165) is 0 Å². The maximum Gasteiger partial charge on any atom is 0.266 e. The lowest BCUT2D eigenvalue weighted by Gasteiger charge is -2.20. The van der Waals surface area contributed by atoms with Crippen LogP contribution in [-0.4, -0.2) is 20.5 Å². The van der Waals surface area contributed by atoms with Gasteiger partial charge in [0.15, 0.2) is 5.65 Å². The molecule has 0 aliphatic heterocycles. The minimum absolute atomic E-state index is 0.0236. The minimum Gasteiger partial charge on any atom is -0.349 e. The van der Waals surface area contributed by atoms with E-state index < -0.39 is 11.9 Å². The monoisotopic (exact) mass is 436 g/mol. The molecule has 0 fully saturated rings. The maximum absolute atomic E-state index is 13.9. The predicted octanol–water partition coefficient (Wildman–Crippen LogP) is 3.56. The van der Waals surface area contributed by atoms with Gasteiger partial charge in [0.05, 0.1) is 12.5 Å². The third-order valence-electron chi connectivity index (χ3n) is 5.45. The zero-order valence-corrected chi connectivity index (χ0v) is 17.7. The number of amides is 1. The molecule has 1 unspecified atom stereocenters. The van der Waals surface area contributed by atoms with Crippen LogP contribution < -0.4 is 10.9 Å². The smallest absolute Gasteiger partial charge is 0.266 e. The van der Waals surface area contributed by atoms with Gasteiger partial charge >= 0.3 is 0 Å². The molecule has 0 bridgehead atoms. The molecule has 0 saturated carbocycles. The fourth-order valence-electron chi connectivity index (χ4n) is 3.89. The van der Waals surface area contributed by atoms with E-state index in [4.69, 9.17) is 0 Å². The molecule has 2 N–H and O–H groups in total. The van der Waals surface area contributed by atoms with Crippen LogP contribution >= 0.6 is 0 Å². The number of benzene rings is 2. The number of rotatable bonds is 6. The van der Waals surface area contributed by atoms with Gasteiger partial charge in [0.2, 0.25) is 5.91 Å². The standard InChI is InChI=1S/C24H22F2N4O2/c1-14-20(15(2)30-22(27-14)13-24(32)29-30)12-23(31)28-21(17-6-4-8-19(26)11-17)10-16-5-3-7-18(25)9-16/h3-9,11,13,21H,10,12H2,1-2H3,(H,28,31)(H,29,32). The van der Waals surface area contributed by atoms with Crippen molar-refractivity contribution in [3.05, 3.63) is 105 Å². The van der Waals surface area contributed by atoms with E-state index in [9.17, 15) is 18.4 Å². The highest BCUT2D eigenvalue weighted by Crippen LogP contribution is 2.21. The zero-order valence-electron chi connectivity index (χ0n) is 17.7. The Kier molecular flexibility index (Phi) is 5.85. The highest BCUT2D eigenvalue weighted by atomic mass is 19.1. The second-order valence-electron chi connectivity index (χ2n) is 7.76. The molecule has 6 nitrogen and oxygen atoms in total. The lowest BCUT2D eigenvalue weighted by molar-refractivity contribution is -0.121. The van der Waals surface area contributed by atoms with E-state index in [1.807, 2.05) is 0 Å². The number of aromatic amines is 1. The molecule has 32 heavy (non-hydrogen) atoms. The van der Waals surface area contributed by atoms with Gasteiger partial charge in [-0.2, -0.15) is 0 Å². The van der Waals surface area contributed by atoms with Crippen molar-refractivity contribution < 1.29 is 13.6 Å². The van der Waals surface area contributed by atoms with Crippen LogP contribution in [0.15, 0.2) is 59.4 Å². The first-order valence-electron chi connectivity index (χ1n) is 10.2. The average Bonchev–Trinajstić information content (AvgIpc) is 3.11. The van der Waals surface area contributed by atoms with Crippen molar-refractivity contribution in [2.45, 2.75) is 32.7 Å². The van der Waals surface area contributed by atoms with Crippen LogP contribution in [-0.2, 0) is 17.6 Å². The Labute approximate surface area is 182 Å². The van der Waals surface area contributed by atoms with E-state index >= 15 is 0 Å². The SMILES string of the molecule is Cc1nc2cc(=O)[nH]n2c(C)c1CC(=O)NC(Cc1cccc(F)c1)c1cccc(F)c1. The largest absolute Gasteiger partial charge is 0.349 e. The molecule has 0 aliphatic rings. The van der Waals surface area contributed by atoms with Gasteiger partial charge in [-0.25, -0.2) is 18.3 Å². The first-order valence-corrected chi connectivity index (χ1v) is 10.2. The summed E-state index contributed by atoms with van der Waals surface area (Å²) in [5.41, 5.74) is 3.51. The van der Waals surface area contributed by atoms with Gasteiger partial charge in [0, 0.05) is 23.0 Å². The summed E-state index contributed by atoms with van der Waals surface area (Å²) in [6.07, 6.45) is 0.322. The number of aromatic nitrogens is 3. The van der Waals surface area contributed by atoms with Gasteiger partial charge in [-0.3, -0.25) is 14.7 Å². The van der Waals surface area contributed by atoms with Crippen molar-refractivity contribution in [2.24, 2.45) is 0 Å². The first kappa shape index (κ1) is 21.4. The van der Waals surface area contributed by atoms with Crippen LogP contribution in [0.4, 0.5) is 8.78 Å². The van der Waals surface area contributed by atoms with Crippen molar-refractivity contribution in [3.8, 4) is 0 Å². The number of hydrogen-bond donors (Lipinski definition) is 2. The van der Waals surface area contributed by atoms with Gasteiger partial charge in [-0.05, 0) is 55.7 Å². The predicted molar refractivity (Wildman–Crippen MR) is 116 cm³/mol. The Morgan fingerprint density at radius 1 is 1.09 bits per heavy atom. The second kappa shape index (κ2) is 8.74. The number of hydrogen-bond acceptors (Lipinski definition) is 3. The number of halogens is 2. The molecule has 0 radical (unpaired) electrons. The summed E-state index contributed by atoms with van der Waals surface area (Å²) < 4.78 is 29.1. The summed E-state index contributed by atoms with van der Waals surface area (Å²) in [6, 6.07) is 12.9. The van der Waals surface area contributed by atoms with Gasteiger partial charge in [-0.15, -0.1) is 0 Å². The summed E-state index contributed by atoms with van der Waals surface area (Å²) in [6.45, 7) is 3.58. The summed E-state index contributed by atoms with van der Waals surface area (Å²) in [7, 11) is 0. The molecule has 8 heteroatoms. The summed E-state index contributed by atoms with van der Waals surface area (Å²) >= 11 is 0. The number of fused-ring (bicyclic) bond motifs is 1. The van der Waals surface area contributed by atoms with E-state index in [2.05, 4.69) is 15.4 Å². The number of nitrogens with one attached hydrogen (secondary N) is 2. The molecule has 1 amide bonds. The van der Waals surface area contributed by atoms with Crippen molar-refractivity contribution in [3.63, 3.8) is 0 Å². The van der Waals surface area contributed by atoms with E-state index in [-0.39, 0.29) is 23.7 Å². The van der Waals surface area contributed by atoms with Gasteiger partial charge < -0.3 is 5.32 Å². The van der Waals surface area contributed by atoms with Crippen molar-refractivity contribution in [1.82, 2.24) is 19.9 Å². The van der Waals surface area contributed by atoms with Crippen LogP contribution in [0.2, 0.25) is 0 Å². The van der Waals surface area contributed by atoms with Crippen molar-refractivity contribution in [1.29, 1.82) is 0 Å². The van der Waals surface area contributed by atoms with Crippen LogP contribution in [0.25, 0.3) is 5.65 Å². The topological polar surface area (TPSA) is 79.3 Å². The summed E-state index contributed by atoms with van der Waals surface area (Å²) in [5.74, 6) is -1.09. The third kappa shape index (κ3) is 4.59. The molecule has 0 spiro atoms. The first-order chi connectivity index (χ1) is 15.3. The second-order valence-corrected chi connectivity index (χ2v) is 7.76. The average molecular weight is 436 g/mol. The normalized spacial score (nSPS) is 12.1. The van der Waals surface area contributed by atoms with E-state index in [1.54, 1.807) is 42.6 Å². The van der Waals surface area contributed by atoms with Crippen LogP contribution in [0.5, 0.6) is 0 Å². The Morgan fingerprint density at radius 3 is 2.53 bits per heavy atom. The molecular formula is C24H22F2N4O2. The summed E-state index contributed by atoms with van der Waals surface area (Å²) in [5, 5.41) is 5.62. The molecule has 164 valence electrons. The summed E-state index contributed by atoms with van der Waals surface area (Å²) in [4.78, 5) is 29.1. The number of nitrogens with zero attached hydrogens (tertiary/aromatic N) is 2. The van der Waals surface area contributed by atoms with Crippen molar-refractivity contribution >= 4 is 11.6 Å². The molecule has 1 atom stereocenters. The van der Waals surface area contributed by atoms with E-state index in [1.165, 1.54) is 30.3 Å². The molecular weight excluding hydrogens is 414 g/mol. The molecule has 4 aromatic rings. The van der Waals surface area contributed by atoms with Crippen LogP contribution in [0.1, 0.15) is 34.1 Å². The van der Waals surface area contributed by atoms with Crippen molar-refractivity contribution in [2.75, 3.05) is 0 Å². The van der Waals surface area contributed by atoms with Gasteiger partial charge in [0.25, 0.3) is 5.56 Å². The Morgan fingerprint density at radius 2 is 1.81 bits per heavy atom. The number of aryl methyl sites for hydroxylation is 2. The molecule has 2 aromatic carbocycles. The van der Waals surface area contributed by atoms with Gasteiger partial charge in [-0.1, -0.05) is 24.3 Å². The Bertz CT molecular complexity index is 1360. The zero-order chi connectivity index (χ0) is 22.8. The lowest BCUT2D eigenvalue weighted by atomic mass is 9.98. The highest BCUT2D eigenvalue weighted by Gasteiger charge is 2.19. The lowest BCUT2D eigenvalue weighted by Crippen LogP contribution is -2.32. The maximum atomic E-state index is 13.9. The number of H-pyrrole nitrogens is 1. The Balaban J connectivity index is 1.61. The number of carbonyl (C=O) groups is 1. The quantitative estimate of drug-likeness (QED) is 0.485. The molecule has 0 saturated heterocycles. The van der Waals surface area contributed by atoms with Crippen LogP contribution in [0, 0.1) is 25.5 Å². The van der Waals surface area contributed by atoms with Crippen LogP contribution in [0.3, 0.4) is 0 Å². The highest BCUT2D eigenvalue weighted by molar-refractivity contribution is 5.79. The molecule has 2 heterocycles. The molecule has 4 rings (SSSR count). The minimum atomic E-state index is -0.552. The van der Waals surface area contributed by atoms with E-state index in [0.29, 0.717) is 40.1 Å². The fourth-order valence-corrected chi connectivity index (χ4v) is 3.89. The third-order valence-corrected chi connectivity index (χ3v) is 5.45. The Hall–Kier alpha value is -3.81. The number of carbonyl (C=O) groups excluding carboxylic acids is 1. The van der Waals surface area contributed by atoms with Gasteiger partial charge in [0.1, 0.15) is 11.6 Å².